The maximum Gasteiger partial charge on any atom is 0.256 e. The van der Waals surface area contributed by atoms with Gasteiger partial charge in [-0.3, -0.25) is 9.78 Å². The van der Waals surface area contributed by atoms with Gasteiger partial charge in [0.05, 0.1) is 5.52 Å². The van der Waals surface area contributed by atoms with E-state index in [0.29, 0.717) is 21.7 Å². The summed E-state index contributed by atoms with van der Waals surface area (Å²) in [6, 6.07) is 16.5. The fourth-order valence-electron chi connectivity index (χ4n) is 3.06. The van der Waals surface area contributed by atoms with Crippen molar-refractivity contribution in [3.8, 4) is 11.1 Å². The number of carbonyl (C=O) groups is 1. The van der Waals surface area contributed by atoms with Gasteiger partial charge in [-0.15, -0.1) is 0 Å². The zero-order valence-electron chi connectivity index (χ0n) is 15.4. The van der Waals surface area contributed by atoms with Gasteiger partial charge in [0, 0.05) is 32.8 Å². The normalized spacial score (nSPS) is 10.9. The average molecular weight is 407 g/mol. The molecule has 0 aliphatic carbocycles. The third-order valence-corrected chi connectivity index (χ3v) is 4.74. The van der Waals surface area contributed by atoms with Gasteiger partial charge >= 0.3 is 0 Å². The fraction of sp³-hybridized carbons (Fsp3) is 0.0455. The van der Waals surface area contributed by atoms with E-state index in [2.05, 4.69) is 15.3 Å². The number of amides is 1. The van der Waals surface area contributed by atoms with Gasteiger partial charge in [0.15, 0.2) is 0 Å². The maximum absolute atomic E-state index is 14.7. The minimum Gasteiger partial charge on any atom is -0.383 e. The topological polar surface area (TPSA) is 80.9 Å². The molecule has 0 saturated carbocycles. The number of rotatable bonds is 3. The zero-order chi connectivity index (χ0) is 20.5. The summed E-state index contributed by atoms with van der Waals surface area (Å²) in [4.78, 5) is 21.0. The molecule has 0 saturated heterocycles. The Balaban J connectivity index is 1.70. The molecule has 4 aromatic rings. The van der Waals surface area contributed by atoms with Crippen molar-refractivity contribution >= 4 is 40.0 Å². The van der Waals surface area contributed by atoms with Crippen LogP contribution in [-0.2, 0) is 0 Å². The first-order chi connectivity index (χ1) is 13.9. The van der Waals surface area contributed by atoms with E-state index in [0.717, 1.165) is 11.1 Å². The summed E-state index contributed by atoms with van der Waals surface area (Å²) in [5.41, 5.74) is 8.51. The van der Waals surface area contributed by atoms with E-state index < -0.39 is 5.82 Å². The molecule has 0 atom stereocenters. The van der Waals surface area contributed by atoms with Crippen LogP contribution in [0.4, 0.5) is 16.0 Å². The lowest BCUT2D eigenvalue weighted by molar-refractivity contribution is 0.102. The van der Waals surface area contributed by atoms with Crippen LogP contribution < -0.4 is 11.1 Å². The standard InChI is InChI=1S/C22H16ClFN4O/c1-12-2-3-13-6-10-17(24)19(20(13)26-12)16-9-11-18(27-21(16)25)28-22(29)14-4-7-15(23)8-5-14/h2-11H,1H3,(H3,25,27,28,29). The highest BCUT2D eigenvalue weighted by molar-refractivity contribution is 6.30. The second kappa shape index (κ2) is 7.48. The summed E-state index contributed by atoms with van der Waals surface area (Å²) < 4.78 is 14.7. The highest BCUT2D eigenvalue weighted by atomic mass is 35.5. The molecule has 7 heteroatoms. The third-order valence-electron chi connectivity index (χ3n) is 4.49. The number of nitrogens with two attached hydrogens (primary N) is 1. The van der Waals surface area contributed by atoms with Gasteiger partial charge in [-0.05, 0) is 61.5 Å². The predicted octanol–water partition coefficient (Wildman–Crippen LogP) is 5.23. The van der Waals surface area contributed by atoms with Crippen molar-refractivity contribution in [2.45, 2.75) is 6.92 Å². The molecule has 5 nitrogen and oxygen atoms in total. The van der Waals surface area contributed by atoms with Crippen LogP contribution in [0.5, 0.6) is 0 Å². The van der Waals surface area contributed by atoms with Crippen LogP contribution in [0.3, 0.4) is 0 Å². The summed E-state index contributed by atoms with van der Waals surface area (Å²) in [6.07, 6.45) is 0. The molecule has 1 amide bonds. The number of pyridine rings is 2. The lowest BCUT2D eigenvalue weighted by atomic mass is 10.0. The number of benzene rings is 2. The number of nitrogens with zero attached hydrogens (tertiary/aromatic N) is 2. The maximum atomic E-state index is 14.7. The number of carbonyl (C=O) groups excluding carboxylic acids is 1. The number of fused-ring (bicyclic) bond motifs is 1. The molecule has 0 bridgehead atoms. The van der Waals surface area contributed by atoms with E-state index in [9.17, 15) is 9.18 Å². The van der Waals surface area contributed by atoms with Crippen molar-refractivity contribution in [3.05, 3.63) is 82.8 Å². The molecule has 2 aromatic heterocycles. The number of anilines is 2. The van der Waals surface area contributed by atoms with E-state index in [4.69, 9.17) is 17.3 Å². The van der Waals surface area contributed by atoms with Crippen LogP contribution in [0.15, 0.2) is 60.7 Å². The van der Waals surface area contributed by atoms with Crippen LogP contribution in [-0.4, -0.2) is 15.9 Å². The van der Waals surface area contributed by atoms with E-state index in [1.165, 1.54) is 6.07 Å². The molecule has 2 aromatic carbocycles. The van der Waals surface area contributed by atoms with Crippen molar-refractivity contribution in [1.82, 2.24) is 9.97 Å². The monoisotopic (exact) mass is 406 g/mol. The summed E-state index contributed by atoms with van der Waals surface area (Å²) in [7, 11) is 0. The van der Waals surface area contributed by atoms with E-state index in [1.807, 2.05) is 19.1 Å². The second-order valence-corrected chi connectivity index (χ2v) is 6.97. The molecule has 0 fully saturated rings. The number of nitrogens with one attached hydrogen (secondary N) is 1. The first kappa shape index (κ1) is 18.8. The Kier molecular flexibility index (Phi) is 4.86. The predicted molar refractivity (Wildman–Crippen MR) is 113 cm³/mol. The molecule has 29 heavy (non-hydrogen) atoms. The number of aryl methyl sites for hydroxylation is 1. The Morgan fingerprint density at radius 1 is 1.00 bits per heavy atom. The molecule has 0 unspecified atom stereocenters. The van der Waals surface area contributed by atoms with Crippen molar-refractivity contribution in [2.75, 3.05) is 11.1 Å². The molecule has 0 aliphatic heterocycles. The highest BCUT2D eigenvalue weighted by Gasteiger charge is 2.16. The molecule has 144 valence electrons. The van der Waals surface area contributed by atoms with Crippen LogP contribution >= 0.6 is 11.6 Å². The van der Waals surface area contributed by atoms with Gasteiger partial charge in [0.1, 0.15) is 17.5 Å². The molecule has 2 heterocycles. The van der Waals surface area contributed by atoms with Crippen molar-refractivity contribution in [3.63, 3.8) is 0 Å². The SMILES string of the molecule is Cc1ccc2ccc(F)c(-c3ccc(NC(=O)c4ccc(Cl)cc4)nc3N)c2n1. The molecule has 4 rings (SSSR count). The van der Waals surface area contributed by atoms with Crippen LogP contribution in [0.1, 0.15) is 16.1 Å². The molecule has 0 radical (unpaired) electrons. The van der Waals surface area contributed by atoms with Crippen molar-refractivity contribution < 1.29 is 9.18 Å². The fourth-order valence-corrected chi connectivity index (χ4v) is 3.19. The largest absolute Gasteiger partial charge is 0.383 e. The smallest absolute Gasteiger partial charge is 0.256 e. The summed E-state index contributed by atoms with van der Waals surface area (Å²) in [6.45, 7) is 1.84. The lowest BCUT2D eigenvalue weighted by Gasteiger charge is -2.12. The summed E-state index contributed by atoms with van der Waals surface area (Å²) in [5, 5.41) is 4.01. The number of aromatic nitrogens is 2. The minimum absolute atomic E-state index is 0.0913. The Morgan fingerprint density at radius 2 is 1.72 bits per heavy atom. The summed E-state index contributed by atoms with van der Waals surface area (Å²) in [5.74, 6) is -0.443. The van der Waals surface area contributed by atoms with Gasteiger partial charge in [0.2, 0.25) is 0 Å². The molecule has 0 aliphatic rings. The molecular weight excluding hydrogens is 391 g/mol. The van der Waals surface area contributed by atoms with E-state index >= 15 is 0 Å². The Hall–Kier alpha value is -3.51. The Labute approximate surface area is 171 Å². The highest BCUT2D eigenvalue weighted by Crippen LogP contribution is 2.34. The minimum atomic E-state index is -0.443. The number of hydrogen-bond acceptors (Lipinski definition) is 4. The van der Waals surface area contributed by atoms with E-state index in [-0.39, 0.29) is 23.1 Å². The first-order valence-corrected chi connectivity index (χ1v) is 9.20. The second-order valence-electron chi connectivity index (χ2n) is 6.54. The van der Waals surface area contributed by atoms with Gasteiger partial charge in [-0.25, -0.2) is 9.37 Å². The summed E-state index contributed by atoms with van der Waals surface area (Å²) >= 11 is 5.84. The molecule has 0 spiro atoms. The van der Waals surface area contributed by atoms with Crippen molar-refractivity contribution in [2.24, 2.45) is 0 Å². The van der Waals surface area contributed by atoms with Crippen LogP contribution in [0, 0.1) is 12.7 Å². The van der Waals surface area contributed by atoms with Crippen LogP contribution in [0.25, 0.3) is 22.0 Å². The van der Waals surface area contributed by atoms with Gasteiger partial charge in [0.25, 0.3) is 5.91 Å². The molecular formula is C22H16ClFN4O. The number of halogens is 2. The number of hydrogen-bond donors (Lipinski definition) is 2. The Morgan fingerprint density at radius 3 is 2.45 bits per heavy atom. The van der Waals surface area contributed by atoms with Crippen LogP contribution in [0.2, 0.25) is 5.02 Å². The number of nitrogen functional groups attached to an aromatic ring is 1. The lowest BCUT2D eigenvalue weighted by Crippen LogP contribution is -2.13. The quantitative estimate of drug-likeness (QED) is 0.488. The Bertz CT molecular complexity index is 1240. The zero-order valence-corrected chi connectivity index (χ0v) is 16.2. The average Bonchev–Trinajstić information content (AvgIpc) is 2.69. The molecule has 3 N–H and O–H groups in total. The third kappa shape index (κ3) is 3.75. The van der Waals surface area contributed by atoms with Gasteiger partial charge in [-0.1, -0.05) is 17.7 Å². The van der Waals surface area contributed by atoms with Gasteiger partial charge < -0.3 is 11.1 Å². The van der Waals surface area contributed by atoms with E-state index in [1.54, 1.807) is 42.5 Å². The first-order valence-electron chi connectivity index (χ1n) is 8.82. The van der Waals surface area contributed by atoms with Crippen molar-refractivity contribution in [1.29, 1.82) is 0 Å². The van der Waals surface area contributed by atoms with Gasteiger partial charge in [-0.2, -0.15) is 0 Å².